The first kappa shape index (κ1) is 13.7. The zero-order valence-electron chi connectivity index (χ0n) is 10.4. The van der Waals surface area contributed by atoms with Crippen molar-refractivity contribution in [1.82, 2.24) is 9.78 Å². The number of hydrogen-bond donors (Lipinski definition) is 1. The van der Waals surface area contributed by atoms with Gasteiger partial charge in [0.2, 0.25) is 0 Å². The maximum absolute atomic E-state index is 6.05. The fourth-order valence-corrected chi connectivity index (χ4v) is 3.58. The molecule has 3 rings (SSSR count). The third-order valence-corrected chi connectivity index (χ3v) is 4.70. The van der Waals surface area contributed by atoms with E-state index in [1.807, 2.05) is 47.3 Å². The second-order valence-corrected chi connectivity index (χ2v) is 7.26. The lowest BCUT2D eigenvalue weighted by Crippen LogP contribution is -2.00. The van der Waals surface area contributed by atoms with Gasteiger partial charge in [-0.2, -0.15) is 5.10 Å². The van der Waals surface area contributed by atoms with E-state index in [0.29, 0.717) is 12.2 Å². The van der Waals surface area contributed by atoms with Gasteiger partial charge in [0.05, 0.1) is 20.9 Å². The van der Waals surface area contributed by atoms with Crippen molar-refractivity contribution < 1.29 is 0 Å². The van der Waals surface area contributed by atoms with Crippen molar-refractivity contribution in [1.29, 1.82) is 0 Å². The van der Waals surface area contributed by atoms with Crippen molar-refractivity contribution >= 4 is 44.6 Å². The van der Waals surface area contributed by atoms with Gasteiger partial charge in [0.25, 0.3) is 0 Å². The van der Waals surface area contributed by atoms with Gasteiger partial charge in [0.1, 0.15) is 5.69 Å². The molecule has 102 valence electrons. The monoisotopic (exact) mass is 367 g/mol. The molecular formula is C14H11BrClN3S. The van der Waals surface area contributed by atoms with Crippen LogP contribution >= 0.6 is 38.9 Å². The van der Waals surface area contributed by atoms with Crippen LogP contribution in [-0.4, -0.2) is 9.78 Å². The molecule has 0 atom stereocenters. The van der Waals surface area contributed by atoms with Gasteiger partial charge in [0.15, 0.2) is 0 Å². The standard InChI is InChI=1S/C14H11BrClN3S/c15-13-5-4-12(20-13)14-11(17)8-19(18-14)7-9-2-1-3-10(16)6-9/h1-6,8H,7,17H2. The smallest absolute Gasteiger partial charge is 0.125 e. The summed E-state index contributed by atoms with van der Waals surface area (Å²) in [4.78, 5) is 1.05. The Morgan fingerprint density at radius 3 is 2.85 bits per heavy atom. The zero-order chi connectivity index (χ0) is 14.1. The molecule has 0 amide bonds. The Labute approximate surface area is 134 Å². The van der Waals surface area contributed by atoms with Crippen LogP contribution in [0, 0.1) is 0 Å². The molecule has 0 spiro atoms. The fraction of sp³-hybridized carbons (Fsp3) is 0.0714. The average molecular weight is 369 g/mol. The molecule has 2 heterocycles. The molecule has 0 saturated carbocycles. The molecule has 20 heavy (non-hydrogen) atoms. The van der Waals surface area contributed by atoms with Crippen molar-refractivity contribution in [2.24, 2.45) is 0 Å². The molecule has 2 N–H and O–H groups in total. The van der Waals surface area contributed by atoms with Crippen molar-refractivity contribution in [2.75, 3.05) is 5.73 Å². The highest BCUT2D eigenvalue weighted by atomic mass is 79.9. The number of nitrogens with zero attached hydrogens (tertiary/aromatic N) is 2. The number of nitrogen functional groups attached to an aromatic ring is 1. The van der Waals surface area contributed by atoms with Crippen LogP contribution in [0.5, 0.6) is 0 Å². The van der Waals surface area contributed by atoms with Gasteiger partial charge >= 0.3 is 0 Å². The lowest BCUT2D eigenvalue weighted by atomic mass is 10.2. The SMILES string of the molecule is Nc1cn(Cc2cccc(Cl)c2)nc1-c1ccc(Br)s1. The average Bonchev–Trinajstić information content (AvgIpc) is 2.96. The quantitative estimate of drug-likeness (QED) is 0.731. The summed E-state index contributed by atoms with van der Waals surface area (Å²) in [5.74, 6) is 0. The number of anilines is 1. The van der Waals surface area contributed by atoms with Gasteiger partial charge in [-0.05, 0) is 45.8 Å². The fourth-order valence-electron chi connectivity index (χ4n) is 1.97. The molecule has 0 fully saturated rings. The van der Waals surface area contributed by atoms with Crippen molar-refractivity contribution in [3.8, 4) is 10.6 Å². The minimum Gasteiger partial charge on any atom is -0.396 e. The summed E-state index contributed by atoms with van der Waals surface area (Å²) in [5.41, 5.74) is 8.65. The van der Waals surface area contributed by atoms with Crippen molar-refractivity contribution in [3.63, 3.8) is 0 Å². The van der Waals surface area contributed by atoms with Gasteiger partial charge in [-0.15, -0.1) is 11.3 Å². The second kappa shape index (κ2) is 5.60. The van der Waals surface area contributed by atoms with Crippen LogP contribution in [0.4, 0.5) is 5.69 Å². The maximum atomic E-state index is 6.05. The van der Waals surface area contributed by atoms with Gasteiger partial charge in [-0.25, -0.2) is 0 Å². The Morgan fingerprint density at radius 2 is 2.15 bits per heavy atom. The molecular weight excluding hydrogens is 358 g/mol. The summed E-state index contributed by atoms with van der Waals surface area (Å²) in [6.07, 6.45) is 1.85. The van der Waals surface area contributed by atoms with E-state index in [1.54, 1.807) is 11.3 Å². The van der Waals surface area contributed by atoms with E-state index >= 15 is 0 Å². The van der Waals surface area contributed by atoms with Gasteiger partial charge in [-0.3, -0.25) is 4.68 Å². The van der Waals surface area contributed by atoms with Crippen LogP contribution in [0.25, 0.3) is 10.6 Å². The molecule has 1 aromatic carbocycles. The van der Waals surface area contributed by atoms with E-state index < -0.39 is 0 Å². The summed E-state index contributed by atoms with van der Waals surface area (Å²) < 4.78 is 2.90. The minimum absolute atomic E-state index is 0.650. The van der Waals surface area contributed by atoms with E-state index in [1.165, 1.54) is 0 Å². The van der Waals surface area contributed by atoms with Gasteiger partial charge in [0, 0.05) is 11.2 Å². The number of nitrogens with two attached hydrogens (primary N) is 1. The first-order valence-corrected chi connectivity index (χ1v) is 7.93. The molecule has 3 nitrogen and oxygen atoms in total. The van der Waals surface area contributed by atoms with E-state index in [0.717, 1.165) is 24.9 Å². The molecule has 0 radical (unpaired) electrons. The summed E-state index contributed by atoms with van der Waals surface area (Å²) in [6, 6.07) is 11.7. The first-order chi connectivity index (χ1) is 9.61. The normalized spacial score (nSPS) is 10.9. The van der Waals surface area contributed by atoms with Crippen LogP contribution < -0.4 is 5.73 Å². The number of thiophene rings is 1. The molecule has 0 saturated heterocycles. The highest BCUT2D eigenvalue weighted by molar-refractivity contribution is 9.11. The number of rotatable bonds is 3. The largest absolute Gasteiger partial charge is 0.396 e. The van der Waals surface area contributed by atoms with Crippen LogP contribution in [0.2, 0.25) is 5.02 Å². The lowest BCUT2D eigenvalue weighted by molar-refractivity contribution is 0.690. The summed E-state index contributed by atoms with van der Waals surface area (Å²) in [6.45, 7) is 0.650. The Balaban J connectivity index is 1.89. The Bertz CT molecular complexity index is 750. The Morgan fingerprint density at radius 1 is 1.30 bits per heavy atom. The van der Waals surface area contributed by atoms with Crippen molar-refractivity contribution in [3.05, 3.63) is 57.0 Å². The molecule has 0 aliphatic heterocycles. The highest BCUT2D eigenvalue weighted by Gasteiger charge is 2.11. The van der Waals surface area contributed by atoms with Crippen LogP contribution in [-0.2, 0) is 6.54 Å². The number of aromatic nitrogens is 2. The van der Waals surface area contributed by atoms with Crippen LogP contribution in [0.1, 0.15) is 5.56 Å². The van der Waals surface area contributed by atoms with Crippen LogP contribution in [0.3, 0.4) is 0 Å². The number of hydrogen-bond acceptors (Lipinski definition) is 3. The number of halogens is 2. The van der Waals surface area contributed by atoms with E-state index in [9.17, 15) is 0 Å². The third kappa shape index (κ3) is 2.90. The summed E-state index contributed by atoms with van der Waals surface area (Å²) in [5, 5.41) is 5.28. The molecule has 0 bridgehead atoms. The van der Waals surface area contributed by atoms with E-state index in [2.05, 4.69) is 21.0 Å². The van der Waals surface area contributed by atoms with Crippen LogP contribution in [0.15, 0.2) is 46.4 Å². The molecule has 0 aliphatic carbocycles. The summed E-state index contributed by atoms with van der Waals surface area (Å²) in [7, 11) is 0. The van der Waals surface area contributed by atoms with Gasteiger partial charge in [-0.1, -0.05) is 23.7 Å². The van der Waals surface area contributed by atoms with E-state index in [4.69, 9.17) is 17.3 Å². The maximum Gasteiger partial charge on any atom is 0.125 e. The Hall–Kier alpha value is -1.30. The summed E-state index contributed by atoms with van der Waals surface area (Å²) >= 11 is 11.1. The molecule has 2 aromatic heterocycles. The van der Waals surface area contributed by atoms with Gasteiger partial charge < -0.3 is 5.73 Å². The first-order valence-electron chi connectivity index (χ1n) is 5.95. The predicted octanol–water partition coefficient (Wildman–Crippen LogP) is 4.66. The number of benzene rings is 1. The third-order valence-electron chi connectivity index (χ3n) is 2.83. The zero-order valence-corrected chi connectivity index (χ0v) is 13.5. The highest BCUT2D eigenvalue weighted by Crippen LogP contribution is 2.33. The molecule has 0 aliphatic rings. The van der Waals surface area contributed by atoms with Crippen molar-refractivity contribution in [2.45, 2.75) is 6.54 Å². The second-order valence-electron chi connectivity index (χ2n) is 4.36. The topological polar surface area (TPSA) is 43.8 Å². The molecule has 6 heteroatoms. The lowest BCUT2D eigenvalue weighted by Gasteiger charge is -2.01. The predicted molar refractivity (Wildman–Crippen MR) is 88.2 cm³/mol. The minimum atomic E-state index is 0.650. The molecule has 0 unspecified atom stereocenters. The van der Waals surface area contributed by atoms with E-state index in [-0.39, 0.29) is 0 Å². The molecule has 3 aromatic rings. The Kier molecular flexibility index (Phi) is 3.83.